The number of alkyl halides is 3. The normalized spacial score (nSPS) is 26.1. The summed E-state index contributed by atoms with van der Waals surface area (Å²) < 4.78 is 53.7. The maximum Gasteiger partial charge on any atom is 0.398 e. The summed E-state index contributed by atoms with van der Waals surface area (Å²) >= 11 is 0. The van der Waals surface area contributed by atoms with E-state index < -0.39 is 53.1 Å². The van der Waals surface area contributed by atoms with E-state index in [1.54, 1.807) is 24.4 Å². The van der Waals surface area contributed by atoms with Crippen molar-refractivity contribution in [2.24, 2.45) is 11.3 Å². The van der Waals surface area contributed by atoms with Crippen LogP contribution in [0.2, 0.25) is 0 Å². The van der Waals surface area contributed by atoms with Gasteiger partial charge in [0.25, 0.3) is 5.91 Å². The molecule has 5 rings (SSSR count). The van der Waals surface area contributed by atoms with Crippen LogP contribution in [-0.2, 0) is 26.3 Å². The fourth-order valence-electron chi connectivity index (χ4n) is 7.47. The summed E-state index contributed by atoms with van der Waals surface area (Å²) in [5.74, 6) is -1.11. The Hall–Kier alpha value is -3.38. The lowest BCUT2D eigenvalue weighted by atomic mass is 9.72. The zero-order valence-electron chi connectivity index (χ0n) is 27.4. The summed E-state index contributed by atoms with van der Waals surface area (Å²) in [6.45, 7) is 6.35. The first-order chi connectivity index (χ1) is 21.6. The van der Waals surface area contributed by atoms with E-state index in [1.165, 1.54) is 18.1 Å². The van der Waals surface area contributed by atoms with Crippen LogP contribution in [0.25, 0.3) is 0 Å². The molecule has 1 aromatic heterocycles. The van der Waals surface area contributed by atoms with E-state index in [1.807, 2.05) is 45.8 Å². The highest BCUT2D eigenvalue weighted by Crippen LogP contribution is 2.59. The van der Waals surface area contributed by atoms with Crippen molar-refractivity contribution in [3.63, 3.8) is 0 Å². The number of aromatic nitrogens is 1. The molecule has 252 valence electrons. The number of halogens is 3. The number of pyridine rings is 1. The number of amides is 1. The lowest BCUT2D eigenvalue weighted by Gasteiger charge is -2.36. The maximum absolute atomic E-state index is 14.4. The second-order valence-corrected chi connectivity index (χ2v) is 14.0. The molecule has 2 saturated heterocycles. The van der Waals surface area contributed by atoms with Crippen molar-refractivity contribution in [3.05, 3.63) is 53.2 Å². The molecule has 0 spiro atoms. The molecule has 2 aromatic rings. The van der Waals surface area contributed by atoms with E-state index in [2.05, 4.69) is 10.3 Å². The molecule has 0 unspecified atom stereocenters. The Bertz CT molecular complexity index is 1430. The number of carbonyl (C=O) groups is 2. The molecule has 3 aliphatic rings. The van der Waals surface area contributed by atoms with Gasteiger partial charge in [-0.15, -0.1) is 0 Å². The minimum absolute atomic E-state index is 0.0292. The van der Waals surface area contributed by atoms with Crippen LogP contribution in [0.3, 0.4) is 0 Å². The van der Waals surface area contributed by atoms with Gasteiger partial charge in [-0.25, -0.2) is 9.78 Å². The van der Waals surface area contributed by atoms with Crippen molar-refractivity contribution in [2.45, 2.75) is 95.2 Å². The molecule has 3 heterocycles. The largest absolute Gasteiger partial charge is 0.496 e. The van der Waals surface area contributed by atoms with E-state index >= 15 is 0 Å². The van der Waals surface area contributed by atoms with E-state index in [0.717, 1.165) is 12.8 Å². The van der Waals surface area contributed by atoms with Crippen LogP contribution in [0.4, 0.5) is 19.0 Å². The van der Waals surface area contributed by atoms with Gasteiger partial charge in [-0.05, 0) is 61.3 Å². The van der Waals surface area contributed by atoms with Gasteiger partial charge in [0.15, 0.2) is 0 Å². The molecule has 5 atom stereocenters. The van der Waals surface area contributed by atoms with Crippen molar-refractivity contribution in [3.8, 4) is 5.75 Å². The first kappa shape index (κ1) is 34.0. The van der Waals surface area contributed by atoms with Crippen molar-refractivity contribution >= 4 is 17.7 Å². The Kier molecular flexibility index (Phi) is 9.36. The maximum atomic E-state index is 14.4. The number of likely N-dealkylation sites (tertiary alicyclic amines) is 1. The Morgan fingerprint density at radius 3 is 2.43 bits per heavy atom. The second-order valence-electron chi connectivity index (χ2n) is 14.0. The molecule has 1 amide bonds. The van der Waals surface area contributed by atoms with Gasteiger partial charge in [-0.1, -0.05) is 32.9 Å². The third-order valence-corrected chi connectivity index (χ3v) is 9.84. The standard InChI is InChI=1S/C34H45F3N4O5/c1-32(2,3)25-26(39-19-20-18-21(12-13-23(20)45-6)33(14-15-33)34(35,36)37)27(22-10-9-16-38-29(22)40(4)5)41(28(25)31(43)44)30(42)24-11-7-8-17-46-24/h9-10,12-13,16,18,24-28,39H,7-8,11,14-15,17,19H2,1-6H3,(H,43,44)/t24-,25-,26-,27-,28-/m0/s1. The quantitative estimate of drug-likeness (QED) is 0.370. The first-order valence-corrected chi connectivity index (χ1v) is 15.9. The monoisotopic (exact) mass is 646 g/mol. The van der Waals surface area contributed by atoms with Crippen molar-refractivity contribution in [1.82, 2.24) is 15.2 Å². The van der Waals surface area contributed by atoms with Crippen LogP contribution in [0.15, 0.2) is 36.5 Å². The van der Waals surface area contributed by atoms with Crippen LogP contribution >= 0.6 is 0 Å². The predicted molar refractivity (Wildman–Crippen MR) is 167 cm³/mol. The molecule has 12 heteroatoms. The van der Waals surface area contributed by atoms with Crippen molar-refractivity contribution in [2.75, 3.05) is 32.7 Å². The Morgan fingerprint density at radius 1 is 1.17 bits per heavy atom. The molecule has 9 nitrogen and oxygen atoms in total. The average molecular weight is 647 g/mol. The summed E-state index contributed by atoms with van der Waals surface area (Å²) in [6, 6.07) is 5.61. The van der Waals surface area contributed by atoms with Gasteiger partial charge in [0.1, 0.15) is 23.7 Å². The number of rotatable bonds is 9. The molecular formula is C34H45F3N4O5. The number of aliphatic carboxylic acids is 1. The van der Waals surface area contributed by atoms with Crippen molar-refractivity contribution < 1.29 is 37.3 Å². The Morgan fingerprint density at radius 2 is 1.89 bits per heavy atom. The lowest BCUT2D eigenvalue weighted by Crippen LogP contribution is -2.51. The van der Waals surface area contributed by atoms with Crippen molar-refractivity contribution in [1.29, 1.82) is 0 Å². The number of carboxylic acids is 1. The summed E-state index contributed by atoms with van der Waals surface area (Å²) in [7, 11) is 5.13. The smallest absolute Gasteiger partial charge is 0.398 e. The highest BCUT2D eigenvalue weighted by Gasteiger charge is 2.64. The van der Waals surface area contributed by atoms with Crippen LogP contribution in [0.1, 0.15) is 75.6 Å². The number of nitrogens with zero attached hydrogens (tertiary/aromatic N) is 3. The number of anilines is 1. The van der Waals surface area contributed by atoms with Crippen LogP contribution in [0, 0.1) is 11.3 Å². The number of carbonyl (C=O) groups excluding carboxylic acids is 1. The molecule has 1 aromatic carbocycles. The van der Waals surface area contributed by atoms with Gasteiger partial charge in [-0.3, -0.25) is 4.79 Å². The van der Waals surface area contributed by atoms with E-state index in [-0.39, 0.29) is 30.9 Å². The fraction of sp³-hybridized carbons (Fsp3) is 0.618. The number of ether oxygens (including phenoxy) is 2. The predicted octanol–water partition coefficient (Wildman–Crippen LogP) is 5.48. The third-order valence-electron chi connectivity index (χ3n) is 9.84. The molecule has 46 heavy (non-hydrogen) atoms. The molecule has 0 bridgehead atoms. The number of hydrogen-bond donors (Lipinski definition) is 2. The van der Waals surface area contributed by atoms with Crippen LogP contribution < -0.4 is 15.0 Å². The molecule has 1 saturated carbocycles. The van der Waals surface area contributed by atoms with Gasteiger partial charge >= 0.3 is 12.1 Å². The summed E-state index contributed by atoms with van der Waals surface area (Å²) in [6.07, 6.45) is -1.33. The Labute approximate surface area is 268 Å². The molecule has 3 fully saturated rings. The number of nitrogens with one attached hydrogen (secondary N) is 1. The highest BCUT2D eigenvalue weighted by atomic mass is 19.4. The second kappa shape index (κ2) is 12.7. The van der Waals surface area contributed by atoms with Gasteiger partial charge in [0.2, 0.25) is 0 Å². The number of benzene rings is 1. The average Bonchev–Trinajstić information content (AvgIpc) is 3.76. The van der Waals surface area contributed by atoms with Crippen LogP contribution in [-0.4, -0.2) is 79.0 Å². The Balaban J connectivity index is 1.63. The minimum Gasteiger partial charge on any atom is -0.496 e. The third kappa shape index (κ3) is 6.17. The van der Waals surface area contributed by atoms with E-state index in [0.29, 0.717) is 35.7 Å². The number of methoxy groups -OCH3 is 1. The highest BCUT2D eigenvalue weighted by molar-refractivity contribution is 5.88. The topological polar surface area (TPSA) is 104 Å². The molecule has 2 aliphatic heterocycles. The zero-order valence-corrected chi connectivity index (χ0v) is 27.4. The lowest BCUT2D eigenvalue weighted by molar-refractivity contribution is -0.160. The number of carboxylic acid groups (broad SMARTS) is 1. The first-order valence-electron chi connectivity index (χ1n) is 15.9. The number of hydrogen-bond acceptors (Lipinski definition) is 7. The van der Waals surface area contributed by atoms with Gasteiger partial charge in [-0.2, -0.15) is 13.2 Å². The zero-order chi connectivity index (χ0) is 33.6. The molecule has 1 aliphatic carbocycles. The van der Waals surface area contributed by atoms with E-state index in [9.17, 15) is 27.9 Å². The molecule has 2 N–H and O–H groups in total. The molecule has 0 radical (unpaired) electrons. The SMILES string of the molecule is COc1ccc(C2(C(F)(F)F)CC2)cc1CN[C@H]1[C@H](C(C)(C)C)[C@@H](C(=O)O)N(C(=O)[C@@H]2CCCCO2)[C@H]1c1cccnc1N(C)C. The summed E-state index contributed by atoms with van der Waals surface area (Å²) in [5, 5.41) is 14.3. The van der Waals surface area contributed by atoms with Gasteiger partial charge in [0, 0.05) is 56.5 Å². The van der Waals surface area contributed by atoms with Gasteiger partial charge < -0.3 is 29.7 Å². The van der Waals surface area contributed by atoms with E-state index in [4.69, 9.17) is 9.47 Å². The molecular weight excluding hydrogens is 601 g/mol. The van der Waals surface area contributed by atoms with Gasteiger partial charge in [0.05, 0.1) is 18.6 Å². The summed E-state index contributed by atoms with van der Waals surface area (Å²) in [4.78, 5) is 35.5. The summed E-state index contributed by atoms with van der Waals surface area (Å²) in [5.41, 5.74) is -1.10. The fourth-order valence-corrected chi connectivity index (χ4v) is 7.47. The van der Waals surface area contributed by atoms with Crippen LogP contribution in [0.5, 0.6) is 5.75 Å². The minimum atomic E-state index is -4.38.